The zero-order valence-electron chi connectivity index (χ0n) is 17.3. The van der Waals surface area contributed by atoms with E-state index in [-0.39, 0.29) is 11.9 Å². The van der Waals surface area contributed by atoms with Gasteiger partial charge in [-0.2, -0.15) is 0 Å². The maximum atomic E-state index is 13.7. The van der Waals surface area contributed by atoms with Crippen LogP contribution in [0.4, 0.5) is 0 Å². The predicted molar refractivity (Wildman–Crippen MR) is 113 cm³/mol. The van der Waals surface area contributed by atoms with Gasteiger partial charge in [-0.15, -0.1) is 0 Å². The highest BCUT2D eigenvalue weighted by molar-refractivity contribution is 5.97. The Kier molecular flexibility index (Phi) is 5.05. The van der Waals surface area contributed by atoms with Crippen LogP contribution in [0, 0.1) is 13.8 Å². The second kappa shape index (κ2) is 7.66. The van der Waals surface area contributed by atoms with Crippen molar-refractivity contribution in [2.45, 2.75) is 26.4 Å². The Balaban J connectivity index is 1.81. The zero-order chi connectivity index (χ0) is 20.5. The molecule has 0 fully saturated rings. The number of ether oxygens (including phenoxy) is 2. The van der Waals surface area contributed by atoms with Crippen LogP contribution in [0.5, 0.6) is 11.5 Å². The van der Waals surface area contributed by atoms with Crippen LogP contribution in [-0.2, 0) is 6.54 Å². The maximum Gasteiger partial charge on any atom is 0.258 e. The molecule has 1 aliphatic heterocycles. The quantitative estimate of drug-likeness (QED) is 0.665. The van der Waals surface area contributed by atoms with E-state index < -0.39 is 0 Å². The minimum atomic E-state index is -0.140. The van der Waals surface area contributed by atoms with Crippen molar-refractivity contribution in [1.82, 2.24) is 9.47 Å². The fraction of sp³-hybridized carbons (Fsp3) is 0.292. The van der Waals surface area contributed by atoms with E-state index in [1.807, 2.05) is 11.0 Å². The van der Waals surface area contributed by atoms with E-state index in [1.165, 1.54) is 11.1 Å². The number of hydrogen-bond donors (Lipinski definition) is 0. The fourth-order valence-corrected chi connectivity index (χ4v) is 4.19. The third-order valence-electron chi connectivity index (χ3n) is 5.66. The first-order chi connectivity index (χ1) is 14.0. The van der Waals surface area contributed by atoms with Crippen LogP contribution >= 0.6 is 0 Å². The van der Waals surface area contributed by atoms with Crippen LogP contribution in [0.25, 0.3) is 0 Å². The van der Waals surface area contributed by atoms with Crippen molar-refractivity contribution in [1.29, 1.82) is 0 Å². The van der Waals surface area contributed by atoms with Gasteiger partial charge < -0.3 is 18.9 Å². The van der Waals surface area contributed by atoms with Crippen LogP contribution in [0.3, 0.4) is 0 Å². The van der Waals surface area contributed by atoms with Crippen molar-refractivity contribution in [3.8, 4) is 11.5 Å². The van der Waals surface area contributed by atoms with E-state index in [4.69, 9.17) is 9.47 Å². The summed E-state index contributed by atoms with van der Waals surface area (Å²) in [6.07, 6.45) is 2.08. The molecular formula is C24H26N2O3. The summed E-state index contributed by atoms with van der Waals surface area (Å²) in [6.45, 7) is 5.61. The van der Waals surface area contributed by atoms with Crippen LogP contribution < -0.4 is 9.47 Å². The van der Waals surface area contributed by atoms with Gasteiger partial charge in [-0.05, 0) is 49.2 Å². The molecule has 29 heavy (non-hydrogen) atoms. The number of carbonyl (C=O) groups is 1. The highest BCUT2D eigenvalue weighted by atomic mass is 16.5. The zero-order valence-corrected chi connectivity index (χ0v) is 17.3. The first-order valence-corrected chi connectivity index (χ1v) is 9.78. The molecule has 1 amide bonds. The molecule has 1 atom stereocenters. The van der Waals surface area contributed by atoms with Gasteiger partial charge in [0.25, 0.3) is 5.91 Å². The number of aryl methyl sites for hydroxylation is 2. The summed E-state index contributed by atoms with van der Waals surface area (Å²) < 4.78 is 13.0. The van der Waals surface area contributed by atoms with Gasteiger partial charge in [0.1, 0.15) is 11.5 Å². The van der Waals surface area contributed by atoms with Crippen molar-refractivity contribution in [3.63, 3.8) is 0 Å². The van der Waals surface area contributed by atoms with Crippen LogP contribution in [-0.4, -0.2) is 36.1 Å². The molecule has 0 aliphatic carbocycles. The first-order valence-electron chi connectivity index (χ1n) is 9.78. The van der Waals surface area contributed by atoms with Crippen molar-refractivity contribution in [2.75, 3.05) is 20.8 Å². The SMILES string of the molecule is COc1ccc(C(=O)N2CCn3cccc3C2c2ccc(C)cc2C)c(OC)c1. The Bertz CT molecular complexity index is 1050. The summed E-state index contributed by atoms with van der Waals surface area (Å²) in [5.74, 6) is 1.15. The second-order valence-electron chi connectivity index (χ2n) is 7.45. The molecule has 5 heteroatoms. The molecule has 0 bridgehead atoms. The van der Waals surface area contributed by atoms with Gasteiger partial charge in [0.15, 0.2) is 0 Å². The van der Waals surface area contributed by atoms with Crippen molar-refractivity contribution in [3.05, 3.63) is 82.7 Å². The van der Waals surface area contributed by atoms with Gasteiger partial charge in [-0.1, -0.05) is 23.8 Å². The number of methoxy groups -OCH3 is 2. The second-order valence-corrected chi connectivity index (χ2v) is 7.45. The Labute approximate surface area is 171 Å². The Morgan fingerprint density at radius 1 is 1.00 bits per heavy atom. The molecule has 0 spiro atoms. The minimum Gasteiger partial charge on any atom is -0.497 e. The highest BCUT2D eigenvalue weighted by Gasteiger charge is 2.34. The third kappa shape index (κ3) is 3.37. The van der Waals surface area contributed by atoms with E-state index in [9.17, 15) is 4.79 Å². The first kappa shape index (κ1) is 19.1. The number of carbonyl (C=O) groups excluding carboxylic acids is 1. The van der Waals surface area contributed by atoms with Crippen molar-refractivity contribution < 1.29 is 14.3 Å². The Morgan fingerprint density at radius 2 is 1.83 bits per heavy atom. The molecule has 2 heterocycles. The molecule has 0 saturated heterocycles. The molecule has 4 rings (SSSR count). The minimum absolute atomic E-state index is 0.0399. The van der Waals surface area contributed by atoms with Crippen LogP contribution in [0.2, 0.25) is 0 Å². The van der Waals surface area contributed by atoms with E-state index in [2.05, 4.69) is 48.9 Å². The number of amides is 1. The maximum absolute atomic E-state index is 13.7. The van der Waals surface area contributed by atoms with Gasteiger partial charge >= 0.3 is 0 Å². The summed E-state index contributed by atoms with van der Waals surface area (Å²) in [5, 5.41) is 0. The van der Waals surface area contributed by atoms with Gasteiger partial charge in [0.2, 0.25) is 0 Å². The molecular weight excluding hydrogens is 364 g/mol. The summed E-state index contributed by atoms with van der Waals surface area (Å²) in [7, 11) is 3.18. The fourth-order valence-electron chi connectivity index (χ4n) is 4.19. The van der Waals surface area contributed by atoms with Gasteiger partial charge in [-0.3, -0.25) is 4.79 Å². The Hall–Kier alpha value is -3.21. The monoisotopic (exact) mass is 390 g/mol. The lowest BCUT2D eigenvalue weighted by Gasteiger charge is -2.38. The largest absolute Gasteiger partial charge is 0.497 e. The number of nitrogens with zero attached hydrogens (tertiary/aromatic N) is 2. The smallest absolute Gasteiger partial charge is 0.258 e. The number of rotatable bonds is 4. The molecule has 1 aliphatic rings. The summed E-state index contributed by atoms with van der Waals surface area (Å²) in [6, 6.07) is 15.8. The van der Waals surface area contributed by atoms with Gasteiger partial charge in [-0.25, -0.2) is 0 Å². The number of fused-ring (bicyclic) bond motifs is 1. The lowest BCUT2D eigenvalue weighted by Crippen LogP contribution is -2.42. The molecule has 0 saturated carbocycles. The summed E-state index contributed by atoms with van der Waals surface area (Å²) in [4.78, 5) is 15.6. The summed E-state index contributed by atoms with van der Waals surface area (Å²) in [5.41, 5.74) is 5.22. The van der Waals surface area contributed by atoms with Crippen LogP contribution in [0.1, 0.15) is 38.8 Å². The topological polar surface area (TPSA) is 43.7 Å². The molecule has 2 aromatic carbocycles. The molecule has 0 N–H and O–H groups in total. The summed E-state index contributed by atoms with van der Waals surface area (Å²) >= 11 is 0. The van der Waals surface area contributed by atoms with Crippen molar-refractivity contribution >= 4 is 5.91 Å². The highest BCUT2D eigenvalue weighted by Crippen LogP contribution is 2.37. The number of benzene rings is 2. The van der Waals surface area contributed by atoms with E-state index in [1.54, 1.807) is 32.4 Å². The van der Waals surface area contributed by atoms with E-state index in [0.717, 1.165) is 17.8 Å². The Morgan fingerprint density at radius 3 is 2.55 bits per heavy atom. The van der Waals surface area contributed by atoms with Gasteiger partial charge in [0, 0.05) is 31.0 Å². The molecule has 3 aromatic rings. The van der Waals surface area contributed by atoms with Gasteiger partial charge in [0.05, 0.1) is 25.8 Å². The molecule has 5 nitrogen and oxygen atoms in total. The van der Waals surface area contributed by atoms with Crippen molar-refractivity contribution in [2.24, 2.45) is 0 Å². The standard InChI is InChI=1S/C24H26N2O3/c1-16-7-9-19(17(2)14-16)23-21-6-5-11-25(21)12-13-26(23)24(27)20-10-8-18(28-3)15-22(20)29-4/h5-11,14-15,23H,12-13H2,1-4H3. The average molecular weight is 390 g/mol. The third-order valence-corrected chi connectivity index (χ3v) is 5.66. The number of hydrogen-bond acceptors (Lipinski definition) is 3. The average Bonchev–Trinajstić information content (AvgIpc) is 3.21. The normalized spacial score (nSPS) is 15.7. The molecule has 0 radical (unpaired) electrons. The molecule has 1 aromatic heterocycles. The lowest BCUT2D eigenvalue weighted by atomic mass is 9.94. The molecule has 1 unspecified atom stereocenters. The van der Waals surface area contributed by atoms with Crippen LogP contribution in [0.15, 0.2) is 54.7 Å². The predicted octanol–water partition coefficient (Wildman–Crippen LogP) is 4.37. The molecule has 150 valence electrons. The number of aromatic nitrogens is 1. The van der Waals surface area contributed by atoms with E-state index in [0.29, 0.717) is 23.6 Å². The lowest BCUT2D eigenvalue weighted by molar-refractivity contribution is 0.0660. The van der Waals surface area contributed by atoms with E-state index >= 15 is 0 Å².